The average molecular weight is 239 g/mol. The maximum Gasteiger partial charge on any atom is 0.0537 e. The summed E-state index contributed by atoms with van der Waals surface area (Å²) in [7, 11) is 0. The van der Waals surface area contributed by atoms with E-state index in [1.165, 1.54) is 5.56 Å². The quantitative estimate of drug-likeness (QED) is 0.682. The number of aliphatic hydroxyl groups excluding tert-OH is 1. The molecule has 4 nitrogen and oxygen atoms in total. The minimum absolute atomic E-state index is 0.291. The summed E-state index contributed by atoms with van der Waals surface area (Å²) in [5.41, 5.74) is 1.24. The molecule has 98 valence electrons. The lowest BCUT2D eigenvalue weighted by Gasteiger charge is -2.13. The number of aromatic nitrogens is 2. The first-order valence-corrected chi connectivity index (χ1v) is 6.54. The van der Waals surface area contributed by atoms with Crippen molar-refractivity contribution >= 4 is 0 Å². The molecule has 0 spiro atoms. The minimum Gasteiger partial charge on any atom is -0.396 e. The van der Waals surface area contributed by atoms with Gasteiger partial charge in [-0.05, 0) is 39.2 Å². The summed E-state index contributed by atoms with van der Waals surface area (Å²) in [6.07, 6.45) is 6.20. The molecule has 0 saturated carbocycles. The van der Waals surface area contributed by atoms with E-state index in [1.54, 1.807) is 0 Å². The molecule has 0 aliphatic carbocycles. The molecule has 0 aliphatic heterocycles. The first kappa shape index (κ1) is 14.2. The van der Waals surface area contributed by atoms with Crippen LogP contribution >= 0.6 is 0 Å². The Bertz CT molecular complexity index is 311. The van der Waals surface area contributed by atoms with E-state index < -0.39 is 0 Å². The highest BCUT2D eigenvalue weighted by Crippen LogP contribution is 2.11. The first-order chi connectivity index (χ1) is 8.17. The van der Waals surface area contributed by atoms with Crippen molar-refractivity contribution in [3.8, 4) is 0 Å². The van der Waals surface area contributed by atoms with Gasteiger partial charge in [0.2, 0.25) is 0 Å². The van der Waals surface area contributed by atoms with Gasteiger partial charge in [-0.2, -0.15) is 5.10 Å². The number of aryl methyl sites for hydroxylation is 1. The molecule has 2 atom stereocenters. The molecule has 1 aromatic heterocycles. The SMILES string of the molecule is CCn1cc(C(C)NCCCC(C)CO)cn1. The summed E-state index contributed by atoms with van der Waals surface area (Å²) in [5.74, 6) is 0.412. The van der Waals surface area contributed by atoms with E-state index in [1.807, 2.05) is 10.9 Å². The average Bonchev–Trinajstić information content (AvgIpc) is 2.82. The highest BCUT2D eigenvalue weighted by molar-refractivity contribution is 5.08. The Morgan fingerprint density at radius 1 is 1.47 bits per heavy atom. The van der Waals surface area contributed by atoms with Crippen molar-refractivity contribution in [3.63, 3.8) is 0 Å². The summed E-state index contributed by atoms with van der Waals surface area (Å²) in [5, 5.41) is 16.7. The third-order valence-electron chi connectivity index (χ3n) is 3.11. The number of hydrogen-bond donors (Lipinski definition) is 2. The van der Waals surface area contributed by atoms with Crippen molar-refractivity contribution in [2.75, 3.05) is 13.2 Å². The topological polar surface area (TPSA) is 50.1 Å². The second-order valence-corrected chi connectivity index (χ2v) is 4.74. The Kier molecular flexibility index (Phi) is 6.22. The van der Waals surface area contributed by atoms with Gasteiger partial charge in [0, 0.05) is 31.0 Å². The first-order valence-electron chi connectivity index (χ1n) is 6.54. The van der Waals surface area contributed by atoms with E-state index in [-0.39, 0.29) is 0 Å². The molecule has 4 heteroatoms. The molecule has 0 saturated heterocycles. The monoisotopic (exact) mass is 239 g/mol. The normalized spacial score (nSPS) is 14.8. The Morgan fingerprint density at radius 3 is 2.82 bits per heavy atom. The zero-order valence-corrected chi connectivity index (χ0v) is 11.2. The Labute approximate surface area is 104 Å². The molecule has 0 aliphatic rings. The molecule has 0 fully saturated rings. The maximum atomic E-state index is 8.92. The molecule has 17 heavy (non-hydrogen) atoms. The number of aliphatic hydroxyl groups is 1. The van der Waals surface area contributed by atoms with Gasteiger partial charge in [0.15, 0.2) is 0 Å². The van der Waals surface area contributed by atoms with Crippen LogP contribution in [0.1, 0.15) is 45.2 Å². The van der Waals surface area contributed by atoms with E-state index in [4.69, 9.17) is 5.11 Å². The van der Waals surface area contributed by atoms with E-state index in [9.17, 15) is 0 Å². The molecule has 1 heterocycles. The lowest BCUT2D eigenvalue weighted by atomic mass is 10.1. The van der Waals surface area contributed by atoms with Gasteiger partial charge in [-0.25, -0.2) is 0 Å². The predicted octanol–water partition coefficient (Wildman–Crippen LogP) is 1.96. The Balaban J connectivity index is 2.22. The van der Waals surface area contributed by atoms with Crippen molar-refractivity contribution in [1.29, 1.82) is 0 Å². The second-order valence-electron chi connectivity index (χ2n) is 4.74. The molecule has 0 radical (unpaired) electrons. The van der Waals surface area contributed by atoms with Crippen LogP contribution in [0.5, 0.6) is 0 Å². The van der Waals surface area contributed by atoms with E-state index in [0.29, 0.717) is 18.6 Å². The van der Waals surface area contributed by atoms with Crippen LogP contribution in [-0.2, 0) is 6.54 Å². The van der Waals surface area contributed by atoms with Gasteiger partial charge < -0.3 is 10.4 Å². The van der Waals surface area contributed by atoms with Gasteiger partial charge in [-0.1, -0.05) is 6.92 Å². The van der Waals surface area contributed by atoms with Gasteiger partial charge in [0.25, 0.3) is 0 Å². The molecular weight excluding hydrogens is 214 g/mol. The van der Waals surface area contributed by atoms with Gasteiger partial charge in [-0.15, -0.1) is 0 Å². The maximum absolute atomic E-state index is 8.92. The van der Waals surface area contributed by atoms with Gasteiger partial charge >= 0.3 is 0 Å². The molecule has 2 unspecified atom stereocenters. The summed E-state index contributed by atoms with van der Waals surface area (Å²) in [6.45, 7) is 8.52. The van der Waals surface area contributed by atoms with Crippen LogP contribution in [0.15, 0.2) is 12.4 Å². The predicted molar refractivity (Wildman–Crippen MR) is 69.8 cm³/mol. The lowest BCUT2D eigenvalue weighted by Crippen LogP contribution is -2.20. The van der Waals surface area contributed by atoms with Crippen molar-refractivity contribution < 1.29 is 5.11 Å². The molecule has 1 aromatic rings. The van der Waals surface area contributed by atoms with Crippen LogP contribution in [0.2, 0.25) is 0 Å². The highest BCUT2D eigenvalue weighted by atomic mass is 16.3. The zero-order valence-electron chi connectivity index (χ0n) is 11.2. The third-order valence-corrected chi connectivity index (χ3v) is 3.11. The van der Waals surface area contributed by atoms with Crippen LogP contribution in [0.25, 0.3) is 0 Å². The summed E-state index contributed by atoms with van der Waals surface area (Å²) in [6, 6.07) is 0.347. The van der Waals surface area contributed by atoms with Crippen LogP contribution in [-0.4, -0.2) is 28.0 Å². The molecule has 0 amide bonds. The number of nitrogens with zero attached hydrogens (tertiary/aromatic N) is 2. The fourth-order valence-corrected chi connectivity index (χ4v) is 1.75. The Hall–Kier alpha value is -0.870. The smallest absolute Gasteiger partial charge is 0.0537 e. The fraction of sp³-hybridized carbons (Fsp3) is 0.769. The molecule has 0 aromatic carbocycles. The highest BCUT2D eigenvalue weighted by Gasteiger charge is 2.07. The molecule has 0 bridgehead atoms. The summed E-state index contributed by atoms with van der Waals surface area (Å²) in [4.78, 5) is 0. The van der Waals surface area contributed by atoms with E-state index in [2.05, 4.69) is 37.4 Å². The van der Waals surface area contributed by atoms with Crippen LogP contribution in [0.4, 0.5) is 0 Å². The third kappa shape index (κ3) is 4.88. The van der Waals surface area contributed by atoms with Crippen LogP contribution in [0.3, 0.4) is 0 Å². The number of rotatable bonds is 8. The van der Waals surface area contributed by atoms with Gasteiger partial charge in [0.1, 0.15) is 0 Å². The lowest BCUT2D eigenvalue weighted by molar-refractivity contribution is 0.227. The van der Waals surface area contributed by atoms with Crippen molar-refractivity contribution in [1.82, 2.24) is 15.1 Å². The zero-order chi connectivity index (χ0) is 12.7. The Morgan fingerprint density at radius 2 is 2.24 bits per heavy atom. The largest absolute Gasteiger partial charge is 0.396 e. The summed E-state index contributed by atoms with van der Waals surface area (Å²) < 4.78 is 1.95. The van der Waals surface area contributed by atoms with Crippen LogP contribution < -0.4 is 5.32 Å². The fourth-order valence-electron chi connectivity index (χ4n) is 1.75. The standard InChI is InChI=1S/C13H25N3O/c1-4-16-9-13(8-15-16)12(3)14-7-5-6-11(2)10-17/h8-9,11-12,14,17H,4-7,10H2,1-3H3. The minimum atomic E-state index is 0.291. The van der Waals surface area contributed by atoms with Crippen LogP contribution in [0, 0.1) is 5.92 Å². The molecular formula is C13H25N3O. The molecule has 2 N–H and O–H groups in total. The van der Waals surface area contributed by atoms with Gasteiger partial charge in [0.05, 0.1) is 6.20 Å². The van der Waals surface area contributed by atoms with Crippen molar-refractivity contribution in [2.24, 2.45) is 5.92 Å². The van der Waals surface area contributed by atoms with Gasteiger partial charge in [-0.3, -0.25) is 4.68 Å². The summed E-state index contributed by atoms with van der Waals surface area (Å²) >= 11 is 0. The van der Waals surface area contributed by atoms with Crippen molar-refractivity contribution in [2.45, 2.75) is 46.2 Å². The van der Waals surface area contributed by atoms with Crippen molar-refractivity contribution in [3.05, 3.63) is 18.0 Å². The number of nitrogens with one attached hydrogen (secondary N) is 1. The van der Waals surface area contributed by atoms with E-state index >= 15 is 0 Å². The van der Waals surface area contributed by atoms with E-state index in [0.717, 1.165) is 25.9 Å². The second kappa shape index (κ2) is 7.45. The number of hydrogen-bond acceptors (Lipinski definition) is 3. The molecule has 1 rings (SSSR count).